The molecule has 0 spiro atoms. The number of rotatable bonds is 7. The Bertz CT molecular complexity index is 223. The Balaban J connectivity index is 4.30. The molecule has 0 aliphatic carbocycles. The van der Waals surface area contributed by atoms with Gasteiger partial charge < -0.3 is 14.6 Å². The average Bonchev–Trinajstić information content (AvgIpc) is 2.19. The van der Waals surface area contributed by atoms with Crippen LogP contribution in [0.25, 0.3) is 0 Å². The van der Waals surface area contributed by atoms with Crippen molar-refractivity contribution >= 4 is 0 Å². The number of ether oxygens (including phenoxy) is 2. The number of aliphatic hydroxyl groups is 1. The van der Waals surface area contributed by atoms with Gasteiger partial charge in [-0.1, -0.05) is 6.92 Å². The van der Waals surface area contributed by atoms with Crippen LogP contribution in [0.3, 0.4) is 0 Å². The first kappa shape index (κ1) is 17.5. The van der Waals surface area contributed by atoms with Crippen LogP contribution in [0.15, 0.2) is 0 Å². The maximum atomic E-state index is 12.1. The molecular formula is C9H14F6O3. The van der Waals surface area contributed by atoms with Crippen molar-refractivity contribution < 1.29 is 40.9 Å². The highest BCUT2D eigenvalue weighted by Gasteiger charge is 2.70. The molecular weight excluding hydrogens is 270 g/mol. The highest BCUT2D eigenvalue weighted by molar-refractivity contribution is 4.93. The zero-order valence-electron chi connectivity index (χ0n) is 9.57. The van der Waals surface area contributed by atoms with Crippen molar-refractivity contribution in [3.8, 4) is 0 Å². The third-order valence-corrected chi connectivity index (χ3v) is 1.97. The van der Waals surface area contributed by atoms with Crippen molar-refractivity contribution in [2.45, 2.75) is 31.3 Å². The summed E-state index contributed by atoms with van der Waals surface area (Å²) in [5.74, 6) is 0. The molecule has 9 heteroatoms. The minimum absolute atomic E-state index is 0.139. The van der Waals surface area contributed by atoms with Gasteiger partial charge in [0.05, 0.1) is 19.8 Å². The van der Waals surface area contributed by atoms with Gasteiger partial charge in [0.15, 0.2) is 0 Å². The summed E-state index contributed by atoms with van der Waals surface area (Å²) in [7, 11) is 0. The SMILES string of the molecule is CCCOCCOCC(O)(C(F)(F)F)C(F)(F)F. The molecule has 0 heterocycles. The zero-order valence-corrected chi connectivity index (χ0v) is 9.57. The van der Waals surface area contributed by atoms with E-state index in [0.717, 1.165) is 0 Å². The van der Waals surface area contributed by atoms with Gasteiger partial charge in [-0.25, -0.2) is 0 Å². The summed E-state index contributed by atoms with van der Waals surface area (Å²) in [6.45, 7) is -0.400. The van der Waals surface area contributed by atoms with E-state index in [1.54, 1.807) is 6.92 Å². The monoisotopic (exact) mass is 284 g/mol. The fraction of sp³-hybridized carbons (Fsp3) is 1.00. The van der Waals surface area contributed by atoms with E-state index in [2.05, 4.69) is 4.74 Å². The lowest BCUT2D eigenvalue weighted by molar-refractivity contribution is -0.378. The Morgan fingerprint density at radius 2 is 1.28 bits per heavy atom. The summed E-state index contributed by atoms with van der Waals surface area (Å²) in [6, 6.07) is 0. The molecule has 0 aromatic rings. The smallest absolute Gasteiger partial charge is 0.379 e. The molecule has 0 unspecified atom stereocenters. The Morgan fingerprint density at radius 3 is 1.67 bits per heavy atom. The molecule has 0 aliphatic heterocycles. The van der Waals surface area contributed by atoms with E-state index in [9.17, 15) is 26.3 Å². The van der Waals surface area contributed by atoms with Crippen LogP contribution in [0.5, 0.6) is 0 Å². The van der Waals surface area contributed by atoms with Gasteiger partial charge in [-0.3, -0.25) is 0 Å². The van der Waals surface area contributed by atoms with E-state index in [0.29, 0.717) is 13.0 Å². The van der Waals surface area contributed by atoms with Crippen LogP contribution in [-0.2, 0) is 9.47 Å². The second-order valence-corrected chi connectivity index (χ2v) is 3.52. The lowest BCUT2D eigenvalue weighted by atomic mass is 10.1. The molecule has 110 valence electrons. The second kappa shape index (κ2) is 6.58. The molecule has 0 fully saturated rings. The molecule has 0 rings (SSSR count). The molecule has 0 aromatic heterocycles. The van der Waals surface area contributed by atoms with Crippen LogP contribution in [0.4, 0.5) is 26.3 Å². The van der Waals surface area contributed by atoms with Crippen molar-refractivity contribution in [3.63, 3.8) is 0 Å². The quantitative estimate of drug-likeness (QED) is 0.576. The van der Waals surface area contributed by atoms with E-state index < -0.39 is 31.2 Å². The van der Waals surface area contributed by atoms with Gasteiger partial charge >= 0.3 is 12.4 Å². The van der Waals surface area contributed by atoms with E-state index in [1.165, 1.54) is 0 Å². The van der Waals surface area contributed by atoms with Crippen LogP contribution < -0.4 is 0 Å². The topological polar surface area (TPSA) is 38.7 Å². The Hall–Kier alpha value is -0.540. The molecule has 0 aliphatic rings. The van der Waals surface area contributed by atoms with Crippen LogP contribution in [0.1, 0.15) is 13.3 Å². The first-order chi connectivity index (χ1) is 8.06. The normalized spacial score (nSPS) is 14.0. The fourth-order valence-corrected chi connectivity index (χ4v) is 0.909. The maximum Gasteiger partial charge on any atom is 0.428 e. The number of alkyl halides is 6. The zero-order chi connectivity index (χ0) is 14.4. The van der Waals surface area contributed by atoms with Crippen molar-refractivity contribution in [2.24, 2.45) is 0 Å². The van der Waals surface area contributed by atoms with Gasteiger partial charge in [-0.05, 0) is 6.42 Å². The molecule has 18 heavy (non-hydrogen) atoms. The Labute approximate surface area is 99.7 Å². The molecule has 0 amide bonds. The highest BCUT2D eigenvalue weighted by atomic mass is 19.4. The van der Waals surface area contributed by atoms with Gasteiger partial charge in [0.2, 0.25) is 0 Å². The summed E-state index contributed by atoms with van der Waals surface area (Å²) in [5.41, 5.74) is -4.86. The minimum Gasteiger partial charge on any atom is -0.379 e. The Morgan fingerprint density at radius 1 is 0.833 bits per heavy atom. The van der Waals surface area contributed by atoms with Gasteiger partial charge in [0.1, 0.15) is 0 Å². The van der Waals surface area contributed by atoms with Gasteiger partial charge in [0.25, 0.3) is 5.60 Å². The third-order valence-electron chi connectivity index (χ3n) is 1.97. The van der Waals surface area contributed by atoms with Crippen molar-refractivity contribution in [2.75, 3.05) is 26.4 Å². The molecule has 0 saturated heterocycles. The summed E-state index contributed by atoms with van der Waals surface area (Å²) >= 11 is 0. The number of halogens is 6. The van der Waals surface area contributed by atoms with Gasteiger partial charge in [-0.2, -0.15) is 26.3 Å². The molecule has 0 aromatic carbocycles. The summed E-state index contributed by atoms with van der Waals surface area (Å²) in [6.07, 6.45) is -11.0. The first-order valence-electron chi connectivity index (χ1n) is 5.07. The molecule has 0 saturated carbocycles. The second-order valence-electron chi connectivity index (χ2n) is 3.52. The predicted molar refractivity (Wildman–Crippen MR) is 49.0 cm³/mol. The molecule has 0 atom stereocenters. The van der Waals surface area contributed by atoms with Crippen molar-refractivity contribution in [3.05, 3.63) is 0 Å². The van der Waals surface area contributed by atoms with Crippen molar-refractivity contribution in [1.29, 1.82) is 0 Å². The summed E-state index contributed by atoms with van der Waals surface area (Å²) in [5, 5.41) is 8.67. The van der Waals surface area contributed by atoms with Crippen LogP contribution >= 0.6 is 0 Å². The first-order valence-corrected chi connectivity index (χ1v) is 5.07. The maximum absolute atomic E-state index is 12.1. The summed E-state index contributed by atoms with van der Waals surface area (Å²) in [4.78, 5) is 0. The van der Waals surface area contributed by atoms with E-state index in [4.69, 9.17) is 9.84 Å². The van der Waals surface area contributed by atoms with Gasteiger partial charge in [-0.15, -0.1) is 0 Å². The average molecular weight is 284 g/mol. The lowest BCUT2D eigenvalue weighted by Crippen LogP contribution is -2.60. The highest BCUT2D eigenvalue weighted by Crippen LogP contribution is 2.43. The van der Waals surface area contributed by atoms with Crippen LogP contribution in [-0.4, -0.2) is 49.5 Å². The molecule has 0 bridgehead atoms. The standard InChI is InChI=1S/C9H14F6O3/c1-2-3-17-4-5-18-6-7(16,8(10,11)12)9(13,14)15/h16H,2-6H2,1H3. The fourth-order valence-electron chi connectivity index (χ4n) is 0.909. The molecule has 0 radical (unpaired) electrons. The Kier molecular flexibility index (Phi) is 6.38. The van der Waals surface area contributed by atoms with E-state index in [1.807, 2.05) is 0 Å². The van der Waals surface area contributed by atoms with Gasteiger partial charge in [0, 0.05) is 6.61 Å². The molecule has 1 N–H and O–H groups in total. The summed E-state index contributed by atoms with van der Waals surface area (Å²) < 4.78 is 81.9. The van der Waals surface area contributed by atoms with E-state index in [-0.39, 0.29) is 6.61 Å². The van der Waals surface area contributed by atoms with Crippen LogP contribution in [0.2, 0.25) is 0 Å². The predicted octanol–water partition coefficient (Wildman–Crippen LogP) is 2.29. The molecule has 3 nitrogen and oxygen atoms in total. The largest absolute Gasteiger partial charge is 0.428 e. The number of hydrogen-bond donors (Lipinski definition) is 1. The van der Waals surface area contributed by atoms with E-state index >= 15 is 0 Å². The van der Waals surface area contributed by atoms with Crippen LogP contribution in [0, 0.1) is 0 Å². The minimum atomic E-state index is -5.85. The number of hydrogen-bond acceptors (Lipinski definition) is 3. The third kappa shape index (κ3) is 4.62. The van der Waals surface area contributed by atoms with Crippen molar-refractivity contribution in [1.82, 2.24) is 0 Å². The lowest BCUT2D eigenvalue weighted by Gasteiger charge is -2.31.